The zero-order valence-electron chi connectivity index (χ0n) is 9.33. The van der Waals surface area contributed by atoms with E-state index >= 15 is 0 Å². The maximum atomic E-state index is 13.6. The van der Waals surface area contributed by atoms with E-state index in [0.29, 0.717) is 13.1 Å². The Balaban J connectivity index is 2.31. The van der Waals surface area contributed by atoms with Crippen LogP contribution in [0.5, 0.6) is 0 Å². The highest BCUT2D eigenvalue weighted by atomic mass is 35.5. The van der Waals surface area contributed by atoms with Gasteiger partial charge in [0.05, 0.1) is 10.6 Å². The summed E-state index contributed by atoms with van der Waals surface area (Å²) in [6.45, 7) is 1.02. The van der Waals surface area contributed by atoms with Crippen LogP contribution >= 0.6 is 11.6 Å². The molecule has 1 aliphatic rings. The van der Waals surface area contributed by atoms with Crippen molar-refractivity contribution < 1.29 is 9.18 Å². The maximum absolute atomic E-state index is 13.6. The number of nitrogens with zero attached hydrogens (tertiary/aromatic N) is 1. The predicted octanol–water partition coefficient (Wildman–Crippen LogP) is 2.04. The van der Waals surface area contributed by atoms with Crippen LogP contribution in [-0.4, -0.2) is 29.9 Å². The van der Waals surface area contributed by atoms with E-state index in [2.05, 4.69) is 0 Å². The number of halogens is 2. The van der Waals surface area contributed by atoms with Crippen LogP contribution in [0.1, 0.15) is 23.2 Å². The van der Waals surface area contributed by atoms with Crippen LogP contribution in [0.15, 0.2) is 18.2 Å². The summed E-state index contributed by atoms with van der Waals surface area (Å²) in [4.78, 5) is 13.8. The van der Waals surface area contributed by atoms with Crippen molar-refractivity contribution in [2.75, 3.05) is 13.1 Å². The standard InChI is InChI=1S/C12H14ClFN2O/c13-9-4-1-5-10(14)11(9)12(17)16-6-2-3-8(16)7-15/h1,4-5,8H,2-3,6-7,15H2/t8-/m0/s1. The van der Waals surface area contributed by atoms with Gasteiger partial charge in [-0.15, -0.1) is 0 Å². The van der Waals surface area contributed by atoms with E-state index in [1.54, 1.807) is 4.90 Å². The van der Waals surface area contributed by atoms with Crippen molar-refractivity contribution >= 4 is 17.5 Å². The Labute approximate surface area is 104 Å². The second-order valence-electron chi connectivity index (χ2n) is 4.13. The minimum atomic E-state index is -0.579. The monoisotopic (exact) mass is 256 g/mol. The van der Waals surface area contributed by atoms with Crippen molar-refractivity contribution in [1.82, 2.24) is 4.90 Å². The Morgan fingerprint density at radius 1 is 1.59 bits per heavy atom. The highest BCUT2D eigenvalue weighted by molar-refractivity contribution is 6.33. The van der Waals surface area contributed by atoms with Gasteiger partial charge in [0, 0.05) is 19.1 Å². The SMILES string of the molecule is NC[C@@H]1CCCN1C(=O)c1c(F)cccc1Cl. The van der Waals surface area contributed by atoms with E-state index in [4.69, 9.17) is 17.3 Å². The molecule has 1 saturated heterocycles. The Morgan fingerprint density at radius 2 is 2.35 bits per heavy atom. The largest absolute Gasteiger partial charge is 0.334 e. The van der Waals surface area contributed by atoms with Crippen molar-refractivity contribution in [3.8, 4) is 0 Å². The Bertz CT molecular complexity index is 418. The number of benzene rings is 1. The first-order valence-electron chi connectivity index (χ1n) is 5.60. The van der Waals surface area contributed by atoms with Gasteiger partial charge in [-0.1, -0.05) is 17.7 Å². The van der Waals surface area contributed by atoms with Crippen LogP contribution in [0.2, 0.25) is 5.02 Å². The maximum Gasteiger partial charge on any atom is 0.258 e. The third-order valence-electron chi connectivity index (χ3n) is 3.09. The summed E-state index contributed by atoms with van der Waals surface area (Å²) in [5.41, 5.74) is 5.55. The van der Waals surface area contributed by atoms with Gasteiger partial charge in [0.25, 0.3) is 5.91 Å². The molecule has 2 N–H and O–H groups in total. The van der Waals surface area contributed by atoms with Gasteiger partial charge in [-0.25, -0.2) is 4.39 Å². The van der Waals surface area contributed by atoms with Gasteiger partial charge >= 0.3 is 0 Å². The highest BCUT2D eigenvalue weighted by Crippen LogP contribution is 2.25. The molecule has 0 spiro atoms. The molecule has 1 aliphatic heterocycles. The number of carbonyl (C=O) groups is 1. The third-order valence-corrected chi connectivity index (χ3v) is 3.40. The minimum Gasteiger partial charge on any atom is -0.334 e. The number of likely N-dealkylation sites (tertiary alicyclic amines) is 1. The van der Waals surface area contributed by atoms with Crippen molar-refractivity contribution in [1.29, 1.82) is 0 Å². The zero-order chi connectivity index (χ0) is 12.4. The van der Waals surface area contributed by atoms with Gasteiger partial charge in [0.2, 0.25) is 0 Å². The van der Waals surface area contributed by atoms with Gasteiger partial charge < -0.3 is 10.6 Å². The van der Waals surface area contributed by atoms with E-state index in [1.165, 1.54) is 18.2 Å². The average molecular weight is 257 g/mol. The summed E-state index contributed by atoms with van der Waals surface area (Å²) < 4.78 is 13.6. The molecule has 17 heavy (non-hydrogen) atoms. The van der Waals surface area contributed by atoms with Crippen molar-refractivity contribution in [2.45, 2.75) is 18.9 Å². The summed E-state index contributed by atoms with van der Waals surface area (Å²) in [5.74, 6) is -0.939. The highest BCUT2D eigenvalue weighted by Gasteiger charge is 2.30. The molecular formula is C12H14ClFN2O. The van der Waals surface area contributed by atoms with Crippen LogP contribution < -0.4 is 5.73 Å². The molecule has 0 radical (unpaired) electrons. The molecule has 1 aromatic rings. The molecule has 92 valence electrons. The number of hydrogen-bond acceptors (Lipinski definition) is 2. The minimum absolute atomic E-state index is 0.00169. The van der Waals surface area contributed by atoms with Gasteiger partial charge in [-0.3, -0.25) is 4.79 Å². The number of rotatable bonds is 2. The summed E-state index contributed by atoms with van der Waals surface area (Å²) in [5, 5.41) is 0.151. The average Bonchev–Trinajstić information content (AvgIpc) is 2.76. The quantitative estimate of drug-likeness (QED) is 0.880. The second kappa shape index (κ2) is 5.02. The first kappa shape index (κ1) is 12.3. The first-order chi connectivity index (χ1) is 8.15. The molecule has 0 saturated carbocycles. The molecule has 2 rings (SSSR count). The summed E-state index contributed by atoms with van der Waals surface area (Å²) in [6, 6.07) is 4.25. The molecule has 1 atom stereocenters. The first-order valence-corrected chi connectivity index (χ1v) is 5.98. The number of amides is 1. The summed E-state index contributed by atoms with van der Waals surface area (Å²) >= 11 is 5.87. The third kappa shape index (κ3) is 2.28. The second-order valence-corrected chi connectivity index (χ2v) is 4.53. The fraction of sp³-hybridized carbons (Fsp3) is 0.417. The molecule has 1 aromatic carbocycles. The summed E-state index contributed by atoms with van der Waals surface area (Å²) in [6.07, 6.45) is 1.77. The topological polar surface area (TPSA) is 46.3 Å². The molecule has 0 unspecified atom stereocenters. The van der Waals surface area contributed by atoms with Crippen molar-refractivity contribution in [3.05, 3.63) is 34.6 Å². The van der Waals surface area contributed by atoms with Gasteiger partial charge in [0.15, 0.2) is 0 Å². The number of carbonyl (C=O) groups excluding carboxylic acids is 1. The van der Waals surface area contributed by atoms with E-state index in [-0.39, 0.29) is 22.5 Å². The molecule has 3 nitrogen and oxygen atoms in total. The normalized spacial score (nSPS) is 19.7. The van der Waals surface area contributed by atoms with Crippen LogP contribution in [0.3, 0.4) is 0 Å². The summed E-state index contributed by atoms with van der Waals surface area (Å²) in [7, 11) is 0. The van der Waals surface area contributed by atoms with E-state index in [0.717, 1.165) is 12.8 Å². The van der Waals surface area contributed by atoms with Gasteiger partial charge in [0.1, 0.15) is 5.82 Å². The lowest BCUT2D eigenvalue weighted by molar-refractivity contribution is 0.0736. The Hall–Kier alpha value is -1.13. The van der Waals surface area contributed by atoms with Crippen molar-refractivity contribution in [2.24, 2.45) is 5.73 Å². The lowest BCUT2D eigenvalue weighted by Crippen LogP contribution is -2.40. The van der Waals surface area contributed by atoms with E-state index in [1.807, 2.05) is 0 Å². The molecule has 0 aliphatic carbocycles. The van der Waals surface area contributed by atoms with Crippen LogP contribution in [0, 0.1) is 5.82 Å². The zero-order valence-corrected chi connectivity index (χ0v) is 10.1. The smallest absolute Gasteiger partial charge is 0.258 e. The van der Waals surface area contributed by atoms with Crippen LogP contribution in [-0.2, 0) is 0 Å². The number of nitrogens with two attached hydrogens (primary N) is 1. The molecule has 0 aromatic heterocycles. The Morgan fingerprint density at radius 3 is 3.00 bits per heavy atom. The van der Waals surface area contributed by atoms with Crippen molar-refractivity contribution in [3.63, 3.8) is 0 Å². The van der Waals surface area contributed by atoms with E-state index < -0.39 is 5.82 Å². The lowest BCUT2D eigenvalue weighted by atomic mass is 10.1. The lowest BCUT2D eigenvalue weighted by Gasteiger charge is -2.24. The molecule has 5 heteroatoms. The van der Waals surface area contributed by atoms with Gasteiger partial charge in [-0.2, -0.15) is 0 Å². The molecule has 1 fully saturated rings. The molecule has 1 amide bonds. The fourth-order valence-corrected chi connectivity index (χ4v) is 2.44. The van der Waals surface area contributed by atoms with E-state index in [9.17, 15) is 9.18 Å². The predicted molar refractivity (Wildman–Crippen MR) is 64.5 cm³/mol. The van der Waals surface area contributed by atoms with Crippen LogP contribution in [0.4, 0.5) is 4.39 Å². The fourth-order valence-electron chi connectivity index (χ4n) is 2.19. The molecule has 1 heterocycles. The molecule has 0 bridgehead atoms. The molecular weight excluding hydrogens is 243 g/mol. The Kier molecular flexibility index (Phi) is 3.64. The van der Waals surface area contributed by atoms with Crippen LogP contribution in [0.25, 0.3) is 0 Å². The number of hydrogen-bond donors (Lipinski definition) is 1. The van der Waals surface area contributed by atoms with Gasteiger partial charge in [-0.05, 0) is 25.0 Å².